The maximum atomic E-state index is 11.7. The summed E-state index contributed by atoms with van der Waals surface area (Å²) in [5.41, 5.74) is 1.49. The second kappa shape index (κ2) is 7.77. The number of nitrogens with zero attached hydrogens (tertiary/aromatic N) is 2. The first kappa shape index (κ1) is 18.4. The van der Waals surface area contributed by atoms with Gasteiger partial charge in [0.25, 0.3) is 0 Å². The summed E-state index contributed by atoms with van der Waals surface area (Å²) < 4.78 is 4.99. The predicted octanol–water partition coefficient (Wildman–Crippen LogP) is 6.29. The largest absolute Gasteiger partial charge is 0.480 e. The Bertz CT molecular complexity index is 715. The Kier molecular flexibility index (Phi) is 6.50. The van der Waals surface area contributed by atoms with Gasteiger partial charge in [-0.05, 0) is 70.1 Å². The summed E-state index contributed by atoms with van der Waals surface area (Å²) in [4.78, 5) is 16.1. The van der Waals surface area contributed by atoms with E-state index in [1.165, 1.54) is 0 Å². The highest BCUT2D eigenvalue weighted by Gasteiger charge is 2.25. The number of carboxylic acid groups (broad SMARTS) is 1. The molecule has 0 fully saturated rings. The van der Waals surface area contributed by atoms with E-state index in [9.17, 15) is 9.90 Å². The van der Waals surface area contributed by atoms with E-state index in [0.29, 0.717) is 6.42 Å². The van der Waals surface area contributed by atoms with Crippen molar-refractivity contribution in [2.75, 3.05) is 0 Å². The number of imidazole rings is 1. The van der Waals surface area contributed by atoms with E-state index in [4.69, 9.17) is 0 Å². The number of aromatic nitrogens is 2. The lowest BCUT2D eigenvalue weighted by molar-refractivity contribution is -0.141. The van der Waals surface area contributed by atoms with Gasteiger partial charge in [0, 0.05) is 8.95 Å². The highest BCUT2D eigenvalue weighted by atomic mass is 79.9. The van der Waals surface area contributed by atoms with Gasteiger partial charge in [-0.15, -0.1) is 0 Å². The molecule has 1 aromatic carbocycles. The normalized spacial score (nSPS) is 12.8. The van der Waals surface area contributed by atoms with Gasteiger partial charge in [-0.3, -0.25) is 0 Å². The van der Waals surface area contributed by atoms with Gasteiger partial charge in [-0.2, -0.15) is 0 Å². The maximum Gasteiger partial charge on any atom is 0.326 e. The number of carbonyl (C=O) groups is 1. The summed E-state index contributed by atoms with van der Waals surface area (Å²) in [5.74, 6) is -0.836. The SMILES string of the molecule is CCCCCC(C(=O)O)n1cnc2c(Br)c(Br)c(Br)c(Br)c21. The number of fused-ring (bicyclic) bond motifs is 1. The van der Waals surface area contributed by atoms with E-state index in [-0.39, 0.29) is 0 Å². The standard InChI is InChI=1S/C14H14Br4N2O2/c1-2-3-4-5-7(14(21)22)20-6-19-12-10(17)8(15)9(16)11(18)13(12)20/h6-7H,2-5H2,1H3,(H,21,22). The second-order valence-electron chi connectivity index (χ2n) is 4.95. The maximum absolute atomic E-state index is 11.7. The molecule has 2 aromatic rings. The Balaban J connectivity index is 2.57. The third-order valence-corrected chi connectivity index (χ3v) is 8.22. The summed E-state index contributed by atoms with van der Waals surface area (Å²) in [6.45, 7) is 2.10. The Morgan fingerprint density at radius 2 is 1.82 bits per heavy atom. The highest BCUT2D eigenvalue weighted by Crippen LogP contribution is 2.43. The fourth-order valence-electron chi connectivity index (χ4n) is 2.35. The molecular weight excluding hydrogens is 548 g/mol. The van der Waals surface area contributed by atoms with Crippen LogP contribution in [0.5, 0.6) is 0 Å². The lowest BCUT2D eigenvalue weighted by atomic mass is 10.1. The molecule has 4 nitrogen and oxygen atoms in total. The van der Waals surface area contributed by atoms with Crippen LogP contribution >= 0.6 is 63.7 Å². The van der Waals surface area contributed by atoms with Gasteiger partial charge in [-0.1, -0.05) is 26.2 Å². The third kappa shape index (κ3) is 3.44. The zero-order valence-electron chi connectivity index (χ0n) is 11.7. The van der Waals surface area contributed by atoms with Gasteiger partial charge in [0.15, 0.2) is 0 Å². The molecule has 0 aliphatic heterocycles. The van der Waals surface area contributed by atoms with Crippen LogP contribution in [-0.4, -0.2) is 20.6 Å². The van der Waals surface area contributed by atoms with Gasteiger partial charge in [0.2, 0.25) is 0 Å². The summed E-state index contributed by atoms with van der Waals surface area (Å²) >= 11 is 14.0. The average molecular weight is 562 g/mol. The quantitative estimate of drug-likeness (QED) is 0.256. The lowest BCUT2D eigenvalue weighted by Gasteiger charge is -2.16. The number of carboxylic acids is 1. The highest BCUT2D eigenvalue weighted by molar-refractivity contribution is 9.15. The van der Waals surface area contributed by atoms with E-state index in [0.717, 1.165) is 48.2 Å². The minimum Gasteiger partial charge on any atom is -0.480 e. The summed E-state index contributed by atoms with van der Waals surface area (Å²) in [5, 5.41) is 9.59. The molecule has 1 unspecified atom stereocenters. The molecule has 1 heterocycles. The van der Waals surface area contributed by atoms with Gasteiger partial charge in [0.05, 0.1) is 20.8 Å². The minimum atomic E-state index is -0.836. The molecule has 0 saturated heterocycles. The minimum absolute atomic E-state index is 0.590. The number of unbranched alkanes of at least 4 members (excludes halogenated alkanes) is 2. The molecule has 0 spiro atoms. The Morgan fingerprint density at radius 1 is 1.18 bits per heavy atom. The molecule has 1 N–H and O–H groups in total. The number of aliphatic carboxylic acids is 1. The number of halogens is 4. The fraction of sp³-hybridized carbons (Fsp3) is 0.429. The Morgan fingerprint density at radius 3 is 2.41 bits per heavy atom. The van der Waals surface area contributed by atoms with Gasteiger partial charge >= 0.3 is 5.97 Å². The summed E-state index contributed by atoms with van der Waals surface area (Å²) in [6, 6.07) is -0.618. The number of rotatable bonds is 6. The van der Waals surface area contributed by atoms with Crippen molar-refractivity contribution < 1.29 is 9.90 Å². The van der Waals surface area contributed by atoms with Crippen LogP contribution in [0.1, 0.15) is 38.6 Å². The van der Waals surface area contributed by atoms with Crippen molar-refractivity contribution >= 4 is 80.7 Å². The van der Waals surface area contributed by atoms with Crippen LogP contribution in [0.25, 0.3) is 11.0 Å². The van der Waals surface area contributed by atoms with E-state index in [1.54, 1.807) is 10.9 Å². The Labute approximate surface area is 162 Å². The molecule has 2 rings (SSSR count). The molecule has 1 atom stereocenters. The van der Waals surface area contributed by atoms with Crippen LogP contribution in [0, 0.1) is 0 Å². The second-order valence-corrected chi connectivity index (χ2v) is 8.13. The van der Waals surface area contributed by atoms with Crippen LogP contribution in [0.4, 0.5) is 0 Å². The van der Waals surface area contributed by atoms with Crippen LogP contribution in [-0.2, 0) is 4.79 Å². The molecule has 1 aromatic heterocycles. The molecule has 0 saturated carbocycles. The first-order valence-corrected chi connectivity index (χ1v) is 9.98. The van der Waals surface area contributed by atoms with Crippen molar-refractivity contribution in [3.05, 3.63) is 24.2 Å². The van der Waals surface area contributed by atoms with Crippen LogP contribution in [0.15, 0.2) is 24.2 Å². The summed E-state index contributed by atoms with van der Waals surface area (Å²) in [7, 11) is 0. The van der Waals surface area contributed by atoms with E-state index in [1.807, 2.05) is 0 Å². The fourth-order valence-corrected chi connectivity index (χ4v) is 4.73. The van der Waals surface area contributed by atoms with Gasteiger partial charge in [-0.25, -0.2) is 9.78 Å². The third-order valence-electron chi connectivity index (χ3n) is 3.49. The predicted molar refractivity (Wildman–Crippen MR) is 101 cm³/mol. The van der Waals surface area contributed by atoms with Crippen molar-refractivity contribution in [3.8, 4) is 0 Å². The van der Waals surface area contributed by atoms with Crippen molar-refractivity contribution in [1.29, 1.82) is 0 Å². The first-order valence-electron chi connectivity index (χ1n) is 6.81. The van der Waals surface area contributed by atoms with Crippen molar-refractivity contribution in [1.82, 2.24) is 9.55 Å². The van der Waals surface area contributed by atoms with E-state index in [2.05, 4.69) is 75.6 Å². The Hall–Kier alpha value is 0.0800. The van der Waals surface area contributed by atoms with Gasteiger partial charge < -0.3 is 9.67 Å². The summed E-state index contributed by atoms with van der Waals surface area (Å²) in [6.07, 6.45) is 5.15. The van der Waals surface area contributed by atoms with Crippen LogP contribution in [0.3, 0.4) is 0 Å². The zero-order chi connectivity index (χ0) is 16.4. The zero-order valence-corrected chi connectivity index (χ0v) is 18.1. The molecule has 8 heteroatoms. The molecule has 120 valence electrons. The van der Waals surface area contributed by atoms with Crippen molar-refractivity contribution in [2.45, 2.75) is 38.6 Å². The van der Waals surface area contributed by atoms with Crippen molar-refractivity contribution in [2.24, 2.45) is 0 Å². The van der Waals surface area contributed by atoms with Crippen molar-refractivity contribution in [3.63, 3.8) is 0 Å². The smallest absolute Gasteiger partial charge is 0.326 e. The molecular formula is C14H14Br4N2O2. The molecule has 0 radical (unpaired) electrons. The monoisotopic (exact) mass is 558 g/mol. The van der Waals surface area contributed by atoms with Crippen LogP contribution in [0.2, 0.25) is 0 Å². The van der Waals surface area contributed by atoms with Gasteiger partial charge in [0.1, 0.15) is 11.6 Å². The molecule has 0 bridgehead atoms. The molecule has 22 heavy (non-hydrogen) atoms. The van der Waals surface area contributed by atoms with E-state index >= 15 is 0 Å². The molecule has 0 amide bonds. The molecule has 0 aliphatic carbocycles. The van der Waals surface area contributed by atoms with E-state index < -0.39 is 12.0 Å². The number of benzene rings is 1. The molecule has 0 aliphatic rings. The number of hydrogen-bond acceptors (Lipinski definition) is 2. The first-order chi connectivity index (χ1) is 10.4. The number of hydrogen-bond donors (Lipinski definition) is 1. The topological polar surface area (TPSA) is 55.1 Å². The van der Waals surface area contributed by atoms with Crippen LogP contribution < -0.4 is 0 Å². The average Bonchev–Trinajstić information content (AvgIpc) is 2.91. The lowest BCUT2D eigenvalue weighted by Crippen LogP contribution is -2.18.